The molecule has 0 N–H and O–H groups in total. The van der Waals surface area contributed by atoms with Gasteiger partial charge >= 0.3 is 0 Å². The first-order chi connectivity index (χ1) is 13.6. The normalized spacial score (nSPS) is 10.9. The zero-order chi connectivity index (χ0) is 19.5. The lowest BCUT2D eigenvalue weighted by atomic mass is 10.1. The molecule has 0 aliphatic heterocycles. The summed E-state index contributed by atoms with van der Waals surface area (Å²) in [6.07, 6.45) is 4.95. The molecule has 1 aromatic carbocycles. The molecule has 3 heterocycles. The van der Waals surface area contributed by atoms with Gasteiger partial charge in [-0.15, -0.1) is 0 Å². The zero-order valence-electron chi connectivity index (χ0n) is 14.5. The number of hydrogen-bond donors (Lipinski definition) is 0. The van der Waals surface area contributed by atoms with Crippen molar-refractivity contribution in [3.63, 3.8) is 0 Å². The van der Waals surface area contributed by atoms with Gasteiger partial charge in [0.25, 0.3) is 0 Å². The molecule has 140 valence electrons. The lowest BCUT2D eigenvalue weighted by Gasteiger charge is -2.02. The molecule has 28 heavy (non-hydrogen) atoms. The van der Waals surface area contributed by atoms with Crippen molar-refractivity contribution in [3.05, 3.63) is 89.5 Å². The molecule has 0 amide bonds. The number of nitrogens with zero attached hydrogens (tertiary/aromatic N) is 4. The SMILES string of the molecule is O=C(Cc1cnn(Cc2ccc(F)c(F)c2)c1)c1cc(-c2ccccn2)on1. The van der Waals surface area contributed by atoms with Crippen molar-refractivity contribution < 1.29 is 18.1 Å². The van der Waals surface area contributed by atoms with Gasteiger partial charge in [0.05, 0.1) is 12.7 Å². The quantitative estimate of drug-likeness (QED) is 0.477. The van der Waals surface area contributed by atoms with E-state index in [1.807, 2.05) is 6.07 Å². The van der Waals surface area contributed by atoms with E-state index in [9.17, 15) is 13.6 Å². The van der Waals surface area contributed by atoms with Gasteiger partial charge in [-0.1, -0.05) is 17.3 Å². The van der Waals surface area contributed by atoms with Crippen LogP contribution in [0.1, 0.15) is 21.6 Å². The van der Waals surface area contributed by atoms with Gasteiger partial charge in [0, 0.05) is 24.9 Å². The topological polar surface area (TPSA) is 73.8 Å². The average Bonchev–Trinajstić information content (AvgIpc) is 3.35. The first-order valence-electron chi connectivity index (χ1n) is 8.45. The van der Waals surface area contributed by atoms with Crippen LogP contribution in [0, 0.1) is 11.6 Å². The van der Waals surface area contributed by atoms with Gasteiger partial charge in [-0.25, -0.2) is 8.78 Å². The Kier molecular flexibility index (Phi) is 4.76. The van der Waals surface area contributed by atoms with Crippen molar-refractivity contribution in [2.45, 2.75) is 13.0 Å². The van der Waals surface area contributed by atoms with E-state index >= 15 is 0 Å². The fourth-order valence-corrected chi connectivity index (χ4v) is 2.72. The highest BCUT2D eigenvalue weighted by Gasteiger charge is 2.16. The highest BCUT2D eigenvalue weighted by Crippen LogP contribution is 2.18. The number of ketones is 1. The molecule has 0 saturated heterocycles. The molecule has 0 atom stereocenters. The Balaban J connectivity index is 1.43. The van der Waals surface area contributed by atoms with E-state index in [4.69, 9.17) is 4.52 Å². The van der Waals surface area contributed by atoms with Crippen molar-refractivity contribution in [1.29, 1.82) is 0 Å². The Hall–Kier alpha value is -3.68. The summed E-state index contributed by atoms with van der Waals surface area (Å²) in [5, 5.41) is 7.97. The third-order valence-corrected chi connectivity index (χ3v) is 4.09. The van der Waals surface area contributed by atoms with Gasteiger partial charge in [-0.3, -0.25) is 14.5 Å². The fraction of sp³-hybridized carbons (Fsp3) is 0.100. The number of carbonyl (C=O) groups is 1. The van der Waals surface area contributed by atoms with Crippen molar-refractivity contribution in [2.75, 3.05) is 0 Å². The van der Waals surface area contributed by atoms with Gasteiger partial charge in [0.1, 0.15) is 5.69 Å². The monoisotopic (exact) mass is 380 g/mol. The maximum Gasteiger partial charge on any atom is 0.189 e. The predicted octanol–water partition coefficient (Wildman–Crippen LogP) is 3.69. The summed E-state index contributed by atoms with van der Waals surface area (Å²) in [5.41, 5.74) is 2.04. The lowest BCUT2D eigenvalue weighted by Crippen LogP contribution is -2.04. The van der Waals surface area contributed by atoms with Crippen molar-refractivity contribution in [2.24, 2.45) is 0 Å². The smallest absolute Gasteiger partial charge is 0.189 e. The second-order valence-corrected chi connectivity index (χ2v) is 6.19. The number of hydrogen-bond acceptors (Lipinski definition) is 5. The first kappa shape index (κ1) is 17.7. The maximum absolute atomic E-state index is 13.3. The minimum Gasteiger partial charge on any atom is -0.354 e. The van der Waals surface area contributed by atoms with Crippen LogP contribution in [-0.4, -0.2) is 25.7 Å². The van der Waals surface area contributed by atoms with Crippen LogP contribution in [0.3, 0.4) is 0 Å². The molecule has 8 heteroatoms. The standard InChI is InChI=1S/C20H14F2N4O2/c21-15-5-4-13(7-16(15)22)11-26-12-14(10-24-26)8-19(27)18-9-20(28-25-18)17-3-1-2-6-23-17/h1-7,9-10,12H,8,11H2. The largest absolute Gasteiger partial charge is 0.354 e. The average molecular weight is 380 g/mol. The van der Waals surface area contributed by atoms with Crippen molar-refractivity contribution in [1.82, 2.24) is 19.9 Å². The van der Waals surface area contributed by atoms with Crippen LogP contribution < -0.4 is 0 Å². The molecular weight excluding hydrogens is 366 g/mol. The van der Waals surface area contributed by atoms with E-state index in [0.29, 0.717) is 22.6 Å². The van der Waals surface area contributed by atoms with Crippen LogP contribution in [0.4, 0.5) is 8.78 Å². The molecule has 4 rings (SSSR count). The Morgan fingerprint density at radius 3 is 2.75 bits per heavy atom. The third-order valence-electron chi connectivity index (χ3n) is 4.09. The number of pyridine rings is 1. The summed E-state index contributed by atoms with van der Waals surface area (Å²) < 4.78 is 33.1. The number of rotatable bonds is 6. The molecular formula is C20H14F2N4O2. The number of halogens is 2. The summed E-state index contributed by atoms with van der Waals surface area (Å²) in [6, 6.07) is 10.6. The Morgan fingerprint density at radius 2 is 1.96 bits per heavy atom. The summed E-state index contributed by atoms with van der Waals surface area (Å²) in [6.45, 7) is 0.263. The van der Waals surface area contributed by atoms with E-state index in [1.54, 1.807) is 41.5 Å². The molecule has 0 spiro atoms. The molecule has 0 bridgehead atoms. The van der Waals surface area contributed by atoms with Crippen LogP contribution in [0.2, 0.25) is 0 Å². The van der Waals surface area contributed by atoms with E-state index < -0.39 is 11.6 Å². The molecule has 0 radical (unpaired) electrons. The number of benzene rings is 1. The number of aromatic nitrogens is 4. The van der Waals surface area contributed by atoms with Crippen LogP contribution in [0.15, 0.2) is 65.6 Å². The second kappa shape index (κ2) is 7.51. The van der Waals surface area contributed by atoms with Gasteiger partial charge in [0.2, 0.25) is 0 Å². The Labute approximate surface area is 158 Å². The summed E-state index contributed by atoms with van der Waals surface area (Å²) in [5.74, 6) is -1.61. The highest BCUT2D eigenvalue weighted by molar-refractivity contribution is 5.96. The van der Waals surface area contributed by atoms with Crippen molar-refractivity contribution >= 4 is 5.78 Å². The third kappa shape index (κ3) is 3.85. The molecule has 0 aliphatic carbocycles. The molecule has 3 aromatic heterocycles. The minimum atomic E-state index is -0.908. The van der Waals surface area contributed by atoms with E-state index in [0.717, 1.165) is 12.1 Å². The fourth-order valence-electron chi connectivity index (χ4n) is 2.72. The lowest BCUT2D eigenvalue weighted by molar-refractivity contribution is 0.0984. The Morgan fingerprint density at radius 1 is 1.07 bits per heavy atom. The molecule has 4 aromatic rings. The predicted molar refractivity (Wildman–Crippen MR) is 95.5 cm³/mol. The van der Waals surface area contributed by atoms with Gasteiger partial charge in [-0.05, 0) is 35.4 Å². The van der Waals surface area contributed by atoms with Crippen LogP contribution in [0.5, 0.6) is 0 Å². The number of Topliss-reactive ketones (excluding diaryl/α,β-unsaturated/α-hetero) is 1. The first-order valence-corrected chi connectivity index (χ1v) is 8.45. The minimum absolute atomic E-state index is 0.0893. The van der Waals surface area contributed by atoms with Gasteiger partial charge in [-0.2, -0.15) is 5.10 Å². The van der Waals surface area contributed by atoms with E-state index in [2.05, 4.69) is 15.2 Å². The van der Waals surface area contributed by atoms with Crippen LogP contribution in [0.25, 0.3) is 11.5 Å². The molecule has 0 aliphatic rings. The van der Waals surface area contributed by atoms with E-state index in [1.165, 1.54) is 6.07 Å². The second-order valence-electron chi connectivity index (χ2n) is 6.19. The van der Waals surface area contributed by atoms with Crippen LogP contribution in [-0.2, 0) is 13.0 Å². The van der Waals surface area contributed by atoms with Gasteiger partial charge < -0.3 is 4.52 Å². The van der Waals surface area contributed by atoms with E-state index in [-0.39, 0.29) is 24.4 Å². The molecule has 0 saturated carbocycles. The van der Waals surface area contributed by atoms with Gasteiger partial charge in [0.15, 0.2) is 28.9 Å². The number of carbonyl (C=O) groups excluding carboxylic acids is 1. The highest BCUT2D eigenvalue weighted by atomic mass is 19.2. The Bertz CT molecular complexity index is 1120. The molecule has 6 nitrogen and oxygen atoms in total. The maximum atomic E-state index is 13.3. The molecule has 0 fully saturated rings. The molecule has 0 unspecified atom stereocenters. The summed E-state index contributed by atoms with van der Waals surface area (Å²) in [4.78, 5) is 16.6. The summed E-state index contributed by atoms with van der Waals surface area (Å²) >= 11 is 0. The van der Waals surface area contributed by atoms with Crippen molar-refractivity contribution in [3.8, 4) is 11.5 Å². The summed E-state index contributed by atoms with van der Waals surface area (Å²) in [7, 11) is 0. The van der Waals surface area contributed by atoms with Crippen LogP contribution >= 0.6 is 0 Å². The zero-order valence-corrected chi connectivity index (χ0v) is 14.5.